The fourth-order valence-electron chi connectivity index (χ4n) is 2.97. The molecule has 154 valence electrons. The van der Waals surface area contributed by atoms with Crippen molar-refractivity contribution in [3.05, 3.63) is 53.6 Å². The van der Waals surface area contributed by atoms with Gasteiger partial charge in [0.15, 0.2) is 6.10 Å². The molecule has 0 fully saturated rings. The number of methoxy groups -OCH3 is 1. The van der Waals surface area contributed by atoms with E-state index < -0.39 is 28.0 Å². The van der Waals surface area contributed by atoms with Crippen molar-refractivity contribution in [2.45, 2.75) is 20.0 Å². The fourth-order valence-corrected chi connectivity index (χ4v) is 4.10. The lowest BCUT2D eigenvalue weighted by atomic mass is 10.1. The summed E-state index contributed by atoms with van der Waals surface area (Å²) in [5.74, 6) is -0.823. The molecule has 2 aromatic carbocycles. The number of para-hydroxylation sites is 2. The number of nitrogens with one attached hydrogen (secondary N) is 1. The zero-order chi connectivity index (χ0) is 21.2. The Hall–Kier alpha value is -3.07. The third-order valence-electron chi connectivity index (χ3n) is 4.64. The predicted octanol–water partition coefficient (Wildman–Crippen LogP) is 2.34. The number of hydrogen-bond donors (Lipinski definition) is 1. The first-order valence-corrected chi connectivity index (χ1v) is 10.6. The van der Waals surface area contributed by atoms with Gasteiger partial charge < -0.3 is 14.8 Å². The Bertz CT molecular complexity index is 1050. The Morgan fingerprint density at radius 1 is 1.24 bits per heavy atom. The minimum atomic E-state index is -3.59. The van der Waals surface area contributed by atoms with Gasteiger partial charge in [0, 0.05) is 5.69 Å². The Morgan fingerprint density at radius 2 is 1.97 bits per heavy atom. The second-order valence-electron chi connectivity index (χ2n) is 6.52. The number of nitrogens with zero attached hydrogens (tertiary/aromatic N) is 1. The number of rotatable bonds is 5. The lowest BCUT2D eigenvalue weighted by molar-refractivity contribution is -0.122. The van der Waals surface area contributed by atoms with Crippen LogP contribution in [-0.4, -0.2) is 45.8 Å². The van der Waals surface area contributed by atoms with Crippen LogP contribution >= 0.6 is 0 Å². The molecule has 3 rings (SSSR count). The van der Waals surface area contributed by atoms with E-state index in [-0.39, 0.29) is 12.3 Å². The maximum Gasteiger partial charge on any atom is 0.337 e. The largest absolute Gasteiger partial charge is 0.476 e. The highest BCUT2D eigenvalue weighted by atomic mass is 32.2. The summed E-state index contributed by atoms with van der Waals surface area (Å²) in [6, 6.07) is 11.5. The Balaban J connectivity index is 1.88. The van der Waals surface area contributed by atoms with Crippen LogP contribution in [0.4, 0.5) is 11.4 Å². The number of anilines is 2. The average molecular weight is 418 g/mol. The molecule has 29 heavy (non-hydrogen) atoms. The van der Waals surface area contributed by atoms with Crippen LogP contribution in [0.15, 0.2) is 42.5 Å². The van der Waals surface area contributed by atoms with Crippen molar-refractivity contribution in [1.29, 1.82) is 0 Å². The van der Waals surface area contributed by atoms with Crippen molar-refractivity contribution < 1.29 is 27.5 Å². The van der Waals surface area contributed by atoms with E-state index >= 15 is 0 Å². The number of carbonyl (C=O) groups is 2. The monoisotopic (exact) mass is 418 g/mol. The number of benzene rings is 2. The molecular formula is C20H22N2O6S. The van der Waals surface area contributed by atoms with Gasteiger partial charge >= 0.3 is 5.97 Å². The van der Waals surface area contributed by atoms with Crippen LogP contribution < -0.4 is 14.4 Å². The van der Waals surface area contributed by atoms with Crippen LogP contribution in [0.2, 0.25) is 0 Å². The van der Waals surface area contributed by atoms with Gasteiger partial charge in [-0.3, -0.25) is 9.10 Å². The molecule has 8 nitrogen and oxygen atoms in total. The number of carbonyl (C=O) groups excluding carboxylic acids is 2. The summed E-state index contributed by atoms with van der Waals surface area (Å²) in [6.07, 6.45) is -1.05. The highest BCUT2D eigenvalue weighted by Crippen LogP contribution is 2.35. The molecule has 9 heteroatoms. The third-order valence-corrected chi connectivity index (χ3v) is 6.39. The number of amides is 1. The first-order chi connectivity index (χ1) is 13.8. The van der Waals surface area contributed by atoms with Crippen molar-refractivity contribution in [3.8, 4) is 5.75 Å². The van der Waals surface area contributed by atoms with E-state index in [0.29, 0.717) is 22.7 Å². The van der Waals surface area contributed by atoms with Crippen LogP contribution in [0.25, 0.3) is 0 Å². The molecule has 0 unspecified atom stereocenters. The fraction of sp³-hybridized carbons (Fsp3) is 0.300. The minimum absolute atomic E-state index is 0.101. The Kier molecular flexibility index (Phi) is 5.78. The zero-order valence-electron chi connectivity index (χ0n) is 16.3. The summed E-state index contributed by atoms with van der Waals surface area (Å²) < 4.78 is 36.7. The molecule has 1 atom stereocenters. The lowest BCUT2D eigenvalue weighted by Crippen LogP contribution is -2.49. The van der Waals surface area contributed by atoms with Crippen LogP contribution in [0.1, 0.15) is 22.8 Å². The predicted molar refractivity (Wildman–Crippen MR) is 109 cm³/mol. The first kappa shape index (κ1) is 20.7. The smallest absolute Gasteiger partial charge is 0.337 e. The molecule has 0 aliphatic carbocycles. The summed E-state index contributed by atoms with van der Waals surface area (Å²) in [6.45, 7) is 3.18. The summed E-state index contributed by atoms with van der Waals surface area (Å²) in [5.41, 5.74) is 1.85. The maximum absolute atomic E-state index is 12.9. The molecule has 2 aromatic rings. The number of aryl methyl sites for hydroxylation is 1. The number of fused-ring (bicyclic) bond motifs is 1. The van der Waals surface area contributed by atoms with Crippen LogP contribution in [0, 0.1) is 6.92 Å². The van der Waals surface area contributed by atoms with E-state index in [1.165, 1.54) is 17.5 Å². The van der Waals surface area contributed by atoms with Crippen LogP contribution in [0.3, 0.4) is 0 Å². The van der Waals surface area contributed by atoms with E-state index in [9.17, 15) is 18.0 Å². The van der Waals surface area contributed by atoms with Gasteiger partial charge in [-0.1, -0.05) is 18.2 Å². The summed E-state index contributed by atoms with van der Waals surface area (Å²) >= 11 is 0. The summed E-state index contributed by atoms with van der Waals surface area (Å²) in [4.78, 5) is 24.6. The van der Waals surface area contributed by atoms with Gasteiger partial charge in [0.25, 0.3) is 5.91 Å². The molecule has 1 aliphatic heterocycles. The molecule has 1 N–H and O–H groups in total. The van der Waals surface area contributed by atoms with Gasteiger partial charge in [-0.25, -0.2) is 13.2 Å². The molecular weight excluding hydrogens is 396 g/mol. The third kappa shape index (κ3) is 4.19. The second kappa shape index (κ2) is 8.12. The molecule has 1 amide bonds. The number of sulfonamides is 1. The van der Waals surface area contributed by atoms with Gasteiger partial charge in [0.2, 0.25) is 10.0 Å². The molecule has 1 aliphatic rings. The zero-order valence-corrected chi connectivity index (χ0v) is 17.2. The SMILES string of the molecule is CCS(=O)(=O)N1C[C@H](C(=O)Nc2cc(C(=O)OC)ccc2C)Oc2ccccc21. The van der Waals surface area contributed by atoms with E-state index in [0.717, 1.165) is 5.56 Å². The van der Waals surface area contributed by atoms with Crippen molar-refractivity contribution >= 4 is 33.3 Å². The quantitative estimate of drug-likeness (QED) is 0.748. The molecule has 0 radical (unpaired) electrons. The standard InChI is InChI=1S/C20H22N2O6S/c1-4-29(25,26)22-12-18(28-17-8-6-5-7-16(17)22)19(23)21-15-11-14(20(24)27-3)10-9-13(15)2/h5-11,18H,4,12H2,1-3H3,(H,21,23)/t18-/m1/s1. The second-order valence-corrected chi connectivity index (χ2v) is 8.70. The molecule has 0 spiro atoms. The highest BCUT2D eigenvalue weighted by molar-refractivity contribution is 7.92. The van der Waals surface area contributed by atoms with E-state index in [1.807, 2.05) is 0 Å². The lowest BCUT2D eigenvalue weighted by Gasteiger charge is -2.34. The molecule has 0 saturated carbocycles. The van der Waals surface area contributed by atoms with Crippen LogP contribution in [0.5, 0.6) is 5.75 Å². The summed E-state index contributed by atoms with van der Waals surface area (Å²) in [7, 11) is -2.32. The average Bonchev–Trinajstić information content (AvgIpc) is 2.73. The number of hydrogen-bond acceptors (Lipinski definition) is 6. The van der Waals surface area contributed by atoms with Crippen molar-refractivity contribution in [1.82, 2.24) is 0 Å². The van der Waals surface area contributed by atoms with Crippen molar-refractivity contribution in [3.63, 3.8) is 0 Å². The highest BCUT2D eigenvalue weighted by Gasteiger charge is 2.36. The topological polar surface area (TPSA) is 102 Å². The Morgan fingerprint density at radius 3 is 2.66 bits per heavy atom. The molecule has 1 heterocycles. The van der Waals surface area contributed by atoms with Gasteiger partial charge in [-0.05, 0) is 43.7 Å². The van der Waals surface area contributed by atoms with Gasteiger partial charge in [-0.2, -0.15) is 0 Å². The van der Waals surface area contributed by atoms with E-state index in [2.05, 4.69) is 5.32 Å². The van der Waals surface area contributed by atoms with Gasteiger partial charge in [0.05, 0.1) is 30.7 Å². The normalized spacial score (nSPS) is 15.8. The van der Waals surface area contributed by atoms with E-state index in [4.69, 9.17) is 9.47 Å². The van der Waals surface area contributed by atoms with Gasteiger partial charge in [0.1, 0.15) is 5.75 Å². The van der Waals surface area contributed by atoms with Crippen LogP contribution in [-0.2, 0) is 19.6 Å². The molecule has 0 saturated heterocycles. The maximum atomic E-state index is 12.9. The summed E-state index contributed by atoms with van der Waals surface area (Å²) in [5, 5.41) is 2.73. The van der Waals surface area contributed by atoms with Crippen molar-refractivity contribution in [2.75, 3.05) is 29.0 Å². The van der Waals surface area contributed by atoms with Crippen molar-refractivity contribution in [2.24, 2.45) is 0 Å². The minimum Gasteiger partial charge on any atom is -0.476 e. The Labute approximate surface area is 169 Å². The van der Waals surface area contributed by atoms with E-state index in [1.54, 1.807) is 50.2 Å². The number of ether oxygens (including phenoxy) is 2. The number of esters is 1. The first-order valence-electron chi connectivity index (χ1n) is 9.02. The molecule has 0 aromatic heterocycles. The molecule has 0 bridgehead atoms. The van der Waals surface area contributed by atoms with Gasteiger partial charge in [-0.15, -0.1) is 0 Å².